The first-order chi connectivity index (χ1) is 12.5. The second-order valence-electron chi connectivity index (χ2n) is 6.14. The number of hydrogen-bond acceptors (Lipinski definition) is 3. The van der Waals surface area contributed by atoms with Gasteiger partial charge in [0.15, 0.2) is 5.96 Å². The summed E-state index contributed by atoms with van der Waals surface area (Å²) in [6, 6.07) is 8.04. The largest absolute Gasteiger partial charge is 0.390 e. The van der Waals surface area contributed by atoms with Gasteiger partial charge in [-0.15, -0.1) is 24.0 Å². The molecule has 5 nitrogen and oxygen atoms in total. The summed E-state index contributed by atoms with van der Waals surface area (Å²) in [6.45, 7) is 6.82. The molecular formula is C18H28F3IN4O. The summed E-state index contributed by atoms with van der Waals surface area (Å²) in [6.07, 6.45) is -5.06. The smallest absolute Gasteiger partial charge is 0.379 e. The van der Waals surface area contributed by atoms with Crippen molar-refractivity contribution in [2.24, 2.45) is 4.99 Å². The van der Waals surface area contributed by atoms with Crippen LogP contribution in [-0.4, -0.2) is 56.4 Å². The first-order valence-electron chi connectivity index (χ1n) is 8.94. The monoisotopic (exact) mass is 500 g/mol. The highest BCUT2D eigenvalue weighted by Gasteiger charge is 2.26. The number of nitrogens with zero attached hydrogens (tertiary/aromatic N) is 2. The minimum absolute atomic E-state index is 0. The van der Waals surface area contributed by atoms with Crippen LogP contribution in [0, 0.1) is 0 Å². The van der Waals surface area contributed by atoms with Crippen molar-refractivity contribution in [1.29, 1.82) is 0 Å². The van der Waals surface area contributed by atoms with Crippen molar-refractivity contribution in [3.05, 3.63) is 35.4 Å². The van der Waals surface area contributed by atoms with Crippen molar-refractivity contribution in [2.45, 2.75) is 32.6 Å². The molecule has 1 heterocycles. The maximum absolute atomic E-state index is 12.3. The molecule has 2 rings (SSSR count). The van der Waals surface area contributed by atoms with Crippen LogP contribution in [0.5, 0.6) is 0 Å². The van der Waals surface area contributed by atoms with Crippen LogP contribution in [-0.2, 0) is 17.8 Å². The molecule has 1 aliphatic heterocycles. The summed E-state index contributed by atoms with van der Waals surface area (Å²) in [5, 5.41) is 5.72. The van der Waals surface area contributed by atoms with Gasteiger partial charge in [0.05, 0.1) is 26.2 Å². The number of benzene rings is 1. The Morgan fingerprint density at radius 2 is 1.81 bits per heavy atom. The Morgan fingerprint density at radius 1 is 1.15 bits per heavy atom. The topological polar surface area (TPSA) is 48.9 Å². The Balaban J connectivity index is 0.00000364. The van der Waals surface area contributed by atoms with E-state index in [0.29, 0.717) is 19.0 Å². The van der Waals surface area contributed by atoms with E-state index in [1.807, 2.05) is 25.1 Å². The number of rotatable bonds is 7. The van der Waals surface area contributed by atoms with Crippen LogP contribution < -0.4 is 10.6 Å². The van der Waals surface area contributed by atoms with Crippen LogP contribution in [0.15, 0.2) is 29.3 Å². The highest BCUT2D eigenvalue weighted by molar-refractivity contribution is 14.0. The molecule has 0 unspecified atom stereocenters. The highest BCUT2D eigenvalue weighted by atomic mass is 127. The minimum atomic E-state index is -4.17. The maximum atomic E-state index is 12.3. The number of alkyl halides is 3. The third-order valence-corrected chi connectivity index (χ3v) is 4.07. The van der Waals surface area contributed by atoms with Crippen molar-refractivity contribution >= 4 is 29.9 Å². The van der Waals surface area contributed by atoms with Crippen molar-refractivity contribution in [1.82, 2.24) is 15.5 Å². The third-order valence-electron chi connectivity index (χ3n) is 4.07. The molecule has 0 aliphatic carbocycles. The van der Waals surface area contributed by atoms with Gasteiger partial charge in [-0.1, -0.05) is 24.3 Å². The lowest BCUT2D eigenvalue weighted by atomic mass is 10.1. The summed E-state index contributed by atoms with van der Waals surface area (Å²) >= 11 is 0. The van der Waals surface area contributed by atoms with Crippen molar-refractivity contribution in [3.63, 3.8) is 0 Å². The number of guanidine groups is 1. The molecule has 9 heteroatoms. The molecule has 0 amide bonds. The number of aliphatic imine (C=N–C) groups is 1. The standard InChI is InChI=1S/C18H27F3N4O.HI/c1-2-22-17(23-8-7-18(19,20)21)24-13-15-5-3-4-6-16(15)14-25-9-11-26-12-10-25;/h3-6H,2,7-14H2,1H3,(H2,22,23,24);1H. The molecule has 0 aromatic heterocycles. The van der Waals surface area contributed by atoms with E-state index in [4.69, 9.17) is 4.74 Å². The molecule has 0 bridgehead atoms. The van der Waals surface area contributed by atoms with E-state index >= 15 is 0 Å². The molecule has 2 N–H and O–H groups in total. The van der Waals surface area contributed by atoms with E-state index in [-0.39, 0.29) is 30.5 Å². The SMILES string of the molecule is CCNC(=NCc1ccccc1CN1CCOCC1)NCCC(F)(F)F.I. The molecule has 1 aliphatic rings. The van der Waals surface area contributed by atoms with Gasteiger partial charge in [0.2, 0.25) is 0 Å². The van der Waals surface area contributed by atoms with Crippen molar-refractivity contribution < 1.29 is 17.9 Å². The van der Waals surface area contributed by atoms with Gasteiger partial charge in [-0.25, -0.2) is 4.99 Å². The highest BCUT2D eigenvalue weighted by Crippen LogP contribution is 2.18. The molecule has 1 fully saturated rings. The van der Waals surface area contributed by atoms with E-state index in [2.05, 4.69) is 26.6 Å². The molecule has 1 saturated heterocycles. The molecule has 0 radical (unpaired) electrons. The summed E-state index contributed by atoms with van der Waals surface area (Å²) in [7, 11) is 0. The van der Waals surface area contributed by atoms with Crippen molar-refractivity contribution in [3.8, 4) is 0 Å². The zero-order valence-corrected chi connectivity index (χ0v) is 17.8. The summed E-state index contributed by atoms with van der Waals surface area (Å²) in [5.41, 5.74) is 2.26. The average molecular weight is 500 g/mol. The quantitative estimate of drug-likeness (QED) is 0.343. The van der Waals surface area contributed by atoms with Crippen LogP contribution in [0.25, 0.3) is 0 Å². The van der Waals surface area contributed by atoms with E-state index in [1.165, 1.54) is 5.56 Å². The molecule has 1 aromatic carbocycles. The molecule has 0 atom stereocenters. The van der Waals surface area contributed by atoms with Gasteiger partial charge in [-0.2, -0.15) is 13.2 Å². The first-order valence-corrected chi connectivity index (χ1v) is 8.94. The molecular weight excluding hydrogens is 472 g/mol. The number of halogens is 4. The van der Waals surface area contributed by atoms with E-state index in [9.17, 15) is 13.2 Å². The molecule has 27 heavy (non-hydrogen) atoms. The van der Waals surface area contributed by atoms with Crippen LogP contribution in [0.2, 0.25) is 0 Å². The first kappa shape index (κ1) is 24.0. The van der Waals surface area contributed by atoms with Gasteiger partial charge < -0.3 is 15.4 Å². The fraction of sp³-hybridized carbons (Fsp3) is 0.611. The minimum Gasteiger partial charge on any atom is -0.379 e. The summed E-state index contributed by atoms with van der Waals surface area (Å²) in [4.78, 5) is 6.77. The molecule has 1 aromatic rings. The Kier molecular flexibility index (Phi) is 11.0. The van der Waals surface area contributed by atoms with Gasteiger partial charge >= 0.3 is 6.18 Å². The Morgan fingerprint density at radius 3 is 2.44 bits per heavy atom. The number of morpholine rings is 1. The fourth-order valence-corrected chi connectivity index (χ4v) is 2.69. The van der Waals surface area contributed by atoms with Gasteiger partial charge in [-0.3, -0.25) is 4.90 Å². The zero-order valence-electron chi connectivity index (χ0n) is 15.5. The van der Waals surface area contributed by atoms with Crippen LogP contribution in [0.1, 0.15) is 24.5 Å². The lowest BCUT2D eigenvalue weighted by molar-refractivity contribution is -0.132. The summed E-state index contributed by atoms with van der Waals surface area (Å²) < 4.78 is 42.3. The zero-order chi connectivity index (χ0) is 18.8. The second kappa shape index (κ2) is 12.4. The lowest BCUT2D eigenvalue weighted by Crippen LogP contribution is -2.39. The normalized spacial score (nSPS) is 15.9. The Hall–Kier alpha value is -1.07. The maximum Gasteiger partial charge on any atom is 0.390 e. The average Bonchev–Trinajstić information content (AvgIpc) is 2.60. The van der Waals surface area contributed by atoms with Gasteiger partial charge in [-0.05, 0) is 18.1 Å². The van der Waals surface area contributed by atoms with Crippen LogP contribution in [0.4, 0.5) is 13.2 Å². The fourth-order valence-electron chi connectivity index (χ4n) is 2.69. The Bertz CT molecular complexity index is 578. The van der Waals surface area contributed by atoms with Gasteiger partial charge in [0.1, 0.15) is 0 Å². The van der Waals surface area contributed by atoms with E-state index in [0.717, 1.165) is 38.4 Å². The Labute approximate surface area is 175 Å². The van der Waals surface area contributed by atoms with E-state index < -0.39 is 12.6 Å². The van der Waals surface area contributed by atoms with Crippen molar-refractivity contribution in [2.75, 3.05) is 39.4 Å². The molecule has 0 spiro atoms. The number of ether oxygens (including phenoxy) is 1. The van der Waals surface area contributed by atoms with Crippen LogP contribution >= 0.6 is 24.0 Å². The van der Waals surface area contributed by atoms with E-state index in [1.54, 1.807) is 0 Å². The number of hydrogen-bond donors (Lipinski definition) is 2. The predicted molar refractivity (Wildman–Crippen MR) is 111 cm³/mol. The second-order valence-corrected chi connectivity index (χ2v) is 6.14. The lowest BCUT2D eigenvalue weighted by Gasteiger charge is -2.27. The van der Waals surface area contributed by atoms with Gasteiger partial charge in [0.25, 0.3) is 0 Å². The third kappa shape index (κ3) is 9.61. The van der Waals surface area contributed by atoms with Crippen LogP contribution in [0.3, 0.4) is 0 Å². The molecule has 154 valence electrons. The predicted octanol–water partition coefficient (Wildman–Crippen LogP) is 3.14. The molecule has 0 saturated carbocycles. The summed E-state index contributed by atoms with van der Waals surface area (Å²) in [5.74, 6) is 0.401. The number of nitrogens with one attached hydrogen (secondary N) is 2. The van der Waals surface area contributed by atoms with Gasteiger partial charge in [0, 0.05) is 32.7 Å².